The van der Waals surface area contributed by atoms with Crippen molar-refractivity contribution in [1.82, 2.24) is 10.2 Å². The van der Waals surface area contributed by atoms with Gasteiger partial charge >= 0.3 is 0 Å². The second-order valence-corrected chi connectivity index (χ2v) is 8.98. The molecule has 0 fully saturated rings. The molecule has 0 aromatic heterocycles. The number of amides is 2. The molecule has 5 nitrogen and oxygen atoms in total. The quantitative estimate of drug-likeness (QED) is 0.639. The molecule has 2 rings (SSSR count). The molecule has 2 aromatic carbocycles. The van der Waals surface area contributed by atoms with Gasteiger partial charge in [0.25, 0.3) is 5.91 Å². The van der Waals surface area contributed by atoms with Gasteiger partial charge in [-0.15, -0.1) is 0 Å². The van der Waals surface area contributed by atoms with E-state index < -0.39 is 6.04 Å². The van der Waals surface area contributed by atoms with Crippen molar-refractivity contribution in [3.05, 3.63) is 65.2 Å². The number of hydrogen-bond donors (Lipinski definition) is 1. The van der Waals surface area contributed by atoms with E-state index in [0.29, 0.717) is 18.8 Å². The molecule has 0 radical (unpaired) electrons. The summed E-state index contributed by atoms with van der Waals surface area (Å²) in [5.41, 5.74) is 3.36. The predicted octanol–water partition coefficient (Wildman–Crippen LogP) is 4.61. The molecule has 0 spiro atoms. The highest BCUT2D eigenvalue weighted by Gasteiger charge is 2.26. The summed E-state index contributed by atoms with van der Waals surface area (Å²) in [6.07, 6.45) is 0.845. The van der Waals surface area contributed by atoms with Gasteiger partial charge in [-0.05, 0) is 54.5 Å². The van der Waals surface area contributed by atoms with Crippen molar-refractivity contribution < 1.29 is 14.3 Å². The van der Waals surface area contributed by atoms with E-state index in [1.54, 1.807) is 11.8 Å². The SMILES string of the molecule is CCCNC(=O)[C@H](C)N(Cc1ccccc1C)C(=O)COc1ccc(C(C)(C)C)cc1. The van der Waals surface area contributed by atoms with Crippen LogP contribution in [0.15, 0.2) is 48.5 Å². The summed E-state index contributed by atoms with van der Waals surface area (Å²) in [4.78, 5) is 27.3. The van der Waals surface area contributed by atoms with E-state index in [0.717, 1.165) is 17.5 Å². The van der Waals surface area contributed by atoms with Crippen LogP contribution in [0, 0.1) is 6.92 Å². The second kappa shape index (κ2) is 11.0. The number of benzene rings is 2. The largest absolute Gasteiger partial charge is 0.484 e. The van der Waals surface area contributed by atoms with E-state index in [-0.39, 0.29) is 23.8 Å². The molecule has 2 amide bonds. The Labute approximate surface area is 186 Å². The Bertz CT molecular complexity index is 869. The zero-order valence-electron chi connectivity index (χ0n) is 19.7. The standard InChI is InChI=1S/C26H36N2O3/c1-7-16-27-25(30)20(3)28(17-21-11-9-8-10-19(21)2)24(29)18-31-23-14-12-22(13-15-23)26(4,5)6/h8-15,20H,7,16-18H2,1-6H3,(H,27,30)/t20-/m0/s1. The van der Waals surface area contributed by atoms with Crippen LogP contribution < -0.4 is 10.1 Å². The van der Waals surface area contributed by atoms with Crippen LogP contribution in [0.1, 0.15) is 57.7 Å². The first-order valence-corrected chi connectivity index (χ1v) is 11.0. The lowest BCUT2D eigenvalue weighted by atomic mass is 9.87. The number of carbonyl (C=O) groups is 2. The lowest BCUT2D eigenvalue weighted by Gasteiger charge is -2.29. The average Bonchev–Trinajstić information content (AvgIpc) is 2.74. The Morgan fingerprint density at radius 3 is 2.29 bits per heavy atom. The van der Waals surface area contributed by atoms with E-state index in [1.807, 2.05) is 62.4 Å². The number of rotatable bonds is 9. The molecule has 0 saturated carbocycles. The van der Waals surface area contributed by atoms with E-state index >= 15 is 0 Å². The number of aryl methyl sites for hydroxylation is 1. The minimum absolute atomic E-state index is 0.0555. The number of hydrogen-bond acceptors (Lipinski definition) is 3. The highest BCUT2D eigenvalue weighted by atomic mass is 16.5. The summed E-state index contributed by atoms with van der Waals surface area (Å²) in [7, 11) is 0. The fourth-order valence-electron chi connectivity index (χ4n) is 3.23. The molecule has 0 unspecified atom stereocenters. The first-order valence-electron chi connectivity index (χ1n) is 11.0. The van der Waals surface area contributed by atoms with Gasteiger partial charge in [0.05, 0.1) is 0 Å². The molecule has 0 aliphatic carbocycles. The minimum atomic E-state index is -0.592. The smallest absolute Gasteiger partial charge is 0.261 e. The van der Waals surface area contributed by atoms with Crippen LogP contribution in [0.3, 0.4) is 0 Å². The summed E-state index contributed by atoms with van der Waals surface area (Å²) >= 11 is 0. The summed E-state index contributed by atoms with van der Waals surface area (Å²) < 4.78 is 5.77. The fourth-order valence-corrected chi connectivity index (χ4v) is 3.23. The van der Waals surface area contributed by atoms with Crippen molar-refractivity contribution >= 4 is 11.8 Å². The summed E-state index contributed by atoms with van der Waals surface area (Å²) in [6.45, 7) is 13.1. The number of ether oxygens (including phenoxy) is 1. The zero-order chi connectivity index (χ0) is 23.0. The number of carbonyl (C=O) groups excluding carboxylic acids is 2. The van der Waals surface area contributed by atoms with Crippen LogP contribution in [0.5, 0.6) is 5.75 Å². The van der Waals surface area contributed by atoms with Gasteiger partial charge < -0.3 is 15.0 Å². The van der Waals surface area contributed by atoms with E-state index in [1.165, 1.54) is 5.56 Å². The molecule has 0 saturated heterocycles. The Balaban J connectivity index is 2.13. The average molecular weight is 425 g/mol. The maximum Gasteiger partial charge on any atom is 0.261 e. The molecule has 1 atom stereocenters. The maximum absolute atomic E-state index is 13.1. The summed E-state index contributed by atoms with van der Waals surface area (Å²) in [5.74, 6) is 0.265. The molecule has 0 aliphatic rings. The van der Waals surface area contributed by atoms with Crippen LogP contribution in [0.4, 0.5) is 0 Å². The van der Waals surface area contributed by atoms with Gasteiger partial charge in [-0.2, -0.15) is 0 Å². The topological polar surface area (TPSA) is 58.6 Å². The number of nitrogens with one attached hydrogen (secondary N) is 1. The Kier molecular flexibility index (Phi) is 8.66. The monoisotopic (exact) mass is 424 g/mol. The van der Waals surface area contributed by atoms with Crippen LogP contribution in [-0.4, -0.2) is 35.9 Å². The Hall–Kier alpha value is -2.82. The molecular weight excluding hydrogens is 388 g/mol. The normalized spacial score (nSPS) is 12.2. The van der Waals surface area contributed by atoms with Gasteiger partial charge in [0.15, 0.2) is 6.61 Å². The van der Waals surface area contributed by atoms with Gasteiger partial charge in [-0.3, -0.25) is 9.59 Å². The molecule has 2 aromatic rings. The van der Waals surface area contributed by atoms with E-state index in [9.17, 15) is 9.59 Å². The van der Waals surface area contributed by atoms with Crippen molar-refractivity contribution in [2.24, 2.45) is 0 Å². The maximum atomic E-state index is 13.1. The highest BCUT2D eigenvalue weighted by molar-refractivity contribution is 5.88. The van der Waals surface area contributed by atoms with Crippen molar-refractivity contribution in [2.75, 3.05) is 13.2 Å². The predicted molar refractivity (Wildman–Crippen MR) is 125 cm³/mol. The van der Waals surface area contributed by atoms with Crippen molar-refractivity contribution in [3.8, 4) is 5.75 Å². The molecule has 0 heterocycles. The fraction of sp³-hybridized carbons (Fsp3) is 0.462. The van der Waals surface area contributed by atoms with E-state index in [2.05, 4.69) is 26.1 Å². The highest BCUT2D eigenvalue weighted by Crippen LogP contribution is 2.24. The molecule has 0 aliphatic heterocycles. The van der Waals surface area contributed by atoms with Gasteiger partial charge in [0, 0.05) is 13.1 Å². The van der Waals surface area contributed by atoms with Crippen molar-refractivity contribution in [3.63, 3.8) is 0 Å². The molecule has 0 bridgehead atoms. The third kappa shape index (κ3) is 7.12. The zero-order valence-corrected chi connectivity index (χ0v) is 19.7. The van der Waals surface area contributed by atoms with Crippen molar-refractivity contribution in [1.29, 1.82) is 0 Å². The van der Waals surface area contributed by atoms with E-state index in [4.69, 9.17) is 4.74 Å². The first-order chi connectivity index (χ1) is 14.6. The molecule has 168 valence electrons. The molecule has 1 N–H and O–H groups in total. The third-order valence-electron chi connectivity index (χ3n) is 5.40. The van der Waals surface area contributed by atoms with Crippen molar-refractivity contribution in [2.45, 2.75) is 66.0 Å². The second-order valence-electron chi connectivity index (χ2n) is 8.98. The van der Waals surface area contributed by atoms with Gasteiger partial charge in [0.1, 0.15) is 11.8 Å². The molecule has 5 heteroatoms. The molecular formula is C26H36N2O3. The molecule has 31 heavy (non-hydrogen) atoms. The third-order valence-corrected chi connectivity index (χ3v) is 5.40. The Morgan fingerprint density at radius 1 is 1.06 bits per heavy atom. The van der Waals surface area contributed by atoms with Gasteiger partial charge in [-0.1, -0.05) is 64.1 Å². The van der Waals surface area contributed by atoms with Crippen LogP contribution in [-0.2, 0) is 21.5 Å². The van der Waals surface area contributed by atoms with Gasteiger partial charge in [0.2, 0.25) is 5.91 Å². The Morgan fingerprint density at radius 2 is 1.71 bits per heavy atom. The summed E-state index contributed by atoms with van der Waals surface area (Å²) in [5, 5.41) is 2.89. The lowest BCUT2D eigenvalue weighted by molar-refractivity contribution is -0.142. The first kappa shape index (κ1) is 24.4. The minimum Gasteiger partial charge on any atom is -0.484 e. The number of nitrogens with zero attached hydrogens (tertiary/aromatic N) is 1. The summed E-state index contributed by atoms with van der Waals surface area (Å²) in [6, 6.07) is 15.1. The van der Waals surface area contributed by atoms with Crippen LogP contribution in [0.25, 0.3) is 0 Å². The van der Waals surface area contributed by atoms with Crippen LogP contribution in [0.2, 0.25) is 0 Å². The van der Waals surface area contributed by atoms with Gasteiger partial charge in [-0.25, -0.2) is 0 Å². The lowest BCUT2D eigenvalue weighted by Crippen LogP contribution is -2.49. The van der Waals surface area contributed by atoms with Crippen LogP contribution >= 0.6 is 0 Å².